The predicted molar refractivity (Wildman–Crippen MR) is 112 cm³/mol. The van der Waals surface area contributed by atoms with Gasteiger partial charge in [-0.25, -0.2) is 4.39 Å². The minimum absolute atomic E-state index is 0.0162. The number of benzene rings is 2. The highest BCUT2D eigenvalue weighted by atomic mass is 32.2. The van der Waals surface area contributed by atoms with Crippen LogP contribution in [0.5, 0.6) is 5.75 Å². The molecule has 4 rings (SSSR count). The summed E-state index contributed by atoms with van der Waals surface area (Å²) in [4.78, 5) is 14.9. The van der Waals surface area contributed by atoms with Gasteiger partial charge in [-0.3, -0.25) is 4.79 Å². The molecule has 2 atom stereocenters. The second-order valence-electron chi connectivity index (χ2n) is 7.10. The summed E-state index contributed by atoms with van der Waals surface area (Å²) in [7, 11) is 0. The number of anilines is 1. The van der Waals surface area contributed by atoms with Crippen LogP contribution < -0.4 is 9.64 Å². The maximum atomic E-state index is 13.0. The molecule has 1 aliphatic rings. The van der Waals surface area contributed by atoms with Gasteiger partial charge in [-0.1, -0.05) is 30.0 Å². The van der Waals surface area contributed by atoms with Crippen molar-refractivity contribution in [1.82, 2.24) is 10.2 Å². The van der Waals surface area contributed by atoms with Crippen molar-refractivity contribution in [3.63, 3.8) is 0 Å². The predicted octanol–water partition coefficient (Wildman–Crippen LogP) is 4.81. The van der Waals surface area contributed by atoms with Crippen LogP contribution in [-0.2, 0) is 11.2 Å². The number of amides is 1. The molecule has 2 heterocycles. The number of rotatable bonds is 6. The smallest absolute Gasteiger partial charge is 0.277 e. The number of hydrogen-bond acceptors (Lipinski definition) is 6. The fourth-order valence-corrected chi connectivity index (χ4v) is 4.14. The van der Waals surface area contributed by atoms with Crippen molar-refractivity contribution >= 4 is 23.4 Å². The lowest BCUT2D eigenvalue weighted by atomic mass is 10.0. The third-order valence-corrected chi connectivity index (χ3v) is 5.82. The zero-order valence-electron chi connectivity index (χ0n) is 16.7. The van der Waals surface area contributed by atoms with E-state index in [9.17, 15) is 9.18 Å². The first-order valence-electron chi connectivity index (χ1n) is 9.83. The fraction of sp³-hybridized carbons (Fsp3) is 0.318. The maximum absolute atomic E-state index is 13.0. The van der Waals surface area contributed by atoms with Gasteiger partial charge in [0.2, 0.25) is 5.91 Å². The highest BCUT2D eigenvalue weighted by Gasteiger charge is 2.28. The molecule has 8 heteroatoms. The van der Waals surface area contributed by atoms with Crippen LogP contribution in [-0.4, -0.2) is 27.9 Å². The van der Waals surface area contributed by atoms with Crippen LogP contribution in [0.1, 0.15) is 37.8 Å². The van der Waals surface area contributed by atoms with Crippen molar-refractivity contribution < 1.29 is 18.3 Å². The maximum Gasteiger partial charge on any atom is 0.277 e. The summed E-state index contributed by atoms with van der Waals surface area (Å²) < 4.78 is 24.4. The lowest BCUT2D eigenvalue weighted by Crippen LogP contribution is -2.40. The van der Waals surface area contributed by atoms with E-state index in [0.717, 1.165) is 18.5 Å². The molecule has 6 nitrogen and oxygen atoms in total. The van der Waals surface area contributed by atoms with Crippen LogP contribution in [0.2, 0.25) is 0 Å². The Morgan fingerprint density at radius 3 is 2.73 bits per heavy atom. The van der Waals surface area contributed by atoms with E-state index in [0.29, 0.717) is 23.4 Å². The van der Waals surface area contributed by atoms with Crippen molar-refractivity contribution in [3.05, 3.63) is 65.8 Å². The Bertz CT molecular complexity index is 1020. The standard InChI is InChI=1S/C22H22FN3O3S/c1-14(28-18-11-9-17(23)10-12-18)20-24-25-22(29-20)30-15(2)21(27)26-13-5-7-16-6-3-4-8-19(16)26/h3-4,6,8-12,14-15H,5,7,13H2,1-2H3/t14-,15+/m0/s1. The number of para-hydroxylation sites is 1. The summed E-state index contributed by atoms with van der Waals surface area (Å²) in [6.07, 6.45) is 1.43. The first-order chi connectivity index (χ1) is 14.5. The molecular formula is C22H22FN3O3S. The molecule has 0 bridgehead atoms. The van der Waals surface area contributed by atoms with Gasteiger partial charge in [0.1, 0.15) is 11.6 Å². The summed E-state index contributed by atoms with van der Waals surface area (Å²) in [5.74, 6) is 0.484. The molecule has 0 saturated heterocycles. The van der Waals surface area contributed by atoms with E-state index < -0.39 is 6.10 Å². The number of aromatic nitrogens is 2. The van der Waals surface area contributed by atoms with E-state index >= 15 is 0 Å². The van der Waals surface area contributed by atoms with Gasteiger partial charge in [-0.2, -0.15) is 0 Å². The third kappa shape index (κ3) is 4.48. The van der Waals surface area contributed by atoms with Crippen molar-refractivity contribution in [2.24, 2.45) is 0 Å². The quantitative estimate of drug-likeness (QED) is 0.526. The highest BCUT2D eigenvalue weighted by Crippen LogP contribution is 2.31. The van der Waals surface area contributed by atoms with E-state index in [2.05, 4.69) is 16.3 Å². The second kappa shape index (κ2) is 8.87. The first kappa shape index (κ1) is 20.4. The summed E-state index contributed by atoms with van der Waals surface area (Å²) in [6.45, 7) is 4.31. The van der Waals surface area contributed by atoms with Gasteiger partial charge in [0.15, 0.2) is 6.10 Å². The van der Waals surface area contributed by atoms with Gasteiger partial charge < -0.3 is 14.1 Å². The minimum Gasteiger partial charge on any atom is -0.481 e. The summed E-state index contributed by atoms with van der Waals surface area (Å²) >= 11 is 1.23. The van der Waals surface area contributed by atoms with E-state index in [1.807, 2.05) is 30.0 Å². The molecule has 0 N–H and O–H groups in total. The van der Waals surface area contributed by atoms with E-state index in [4.69, 9.17) is 9.15 Å². The summed E-state index contributed by atoms with van der Waals surface area (Å²) in [5, 5.41) is 8.00. The number of thioether (sulfide) groups is 1. The van der Waals surface area contributed by atoms with Crippen molar-refractivity contribution in [3.8, 4) is 5.75 Å². The molecule has 0 spiro atoms. The second-order valence-corrected chi connectivity index (χ2v) is 8.39. The molecule has 1 amide bonds. The fourth-order valence-electron chi connectivity index (χ4n) is 3.38. The molecule has 0 fully saturated rings. The monoisotopic (exact) mass is 427 g/mol. The average molecular weight is 428 g/mol. The highest BCUT2D eigenvalue weighted by molar-refractivity contribution is 8.00. The molecule has 0 radical (unpaired) electrons. The van der Waals surface area contributed by atoms with Crippen LogP contribution in [0.15, 0.2) is 58.2 Å². The summed E-state index contributed by atoms with van der Waals surface area (Å²) in [5.41, 5.74) is 2.18. The Morgan fingerprint density at radius 2 is 1.93 bits per heavy atom. The van der Waals surface area contributed by atoms with Crippen molar-refractivity contribution in [2.75, 3.05) is 11.4 Å². The first-order valence-corrected chi connectivity index (χ1v) is 10.7. The van der Waals surface area contributed by atoms with Crippen LogP contribution in [0.3, 0.4) is 0 Å². The van der Waals surface area contributed by atoms with Gasteiger partial charge in [0, 0.05) is 12.2 Å². The Morgan fingerprint density at radius 1 is 1.17 bits per heavy atom. The van der Waals surface area contributed by atoms with Crippen molar-refractivity contribution in [2.45, 2.75) is 43.3 Å². The molecular weight excluding hydrogens is 405 g/mol. The Hall–Kier alpha value is -2.87. The van der Waals surface area contributed by atoms with Gasteiger partial charge >= 0.3 is 0 Å². The largest absolute Gasteiger partial charge is 0.481 e. The Kier molecular flexibility index (Phi) is 6.03. The third-order valence-electron chi connectivity index (χ3n) is 4.90. The van der Waals surface area contributed by atoms with Gasteiger partial charge in [0.25, 0.3) is 11.1 Å². The molecule has 3 aromatic rings. The SMILES string of the molecule is C[C@H](Oc1ccc(F)cc1)c1nnc(S[C@H](C)C(=O)N2CCCc3ccccc32)o1. The number of carbonyl (C=O) groups excluding carboxylic acids is 1. The van der Waals surface area contributed by atoms with Crippen molar-refractivity contribution in [1.29, 1.82) is 0 Å². The molecule has 156 valence electrons. The minimum atomic E-state index is -0.503. The van der Waals surface area contributed by atoms with Crippen LogP contribution >= 0.6 is 11.8 Å². The number of halogens is 1. The van der Waals surface area contributed by atoms with Gasteiger partial charge in [-0.15, -0.1) is 10.2 Å². The molecule has 30 heavy (non-hydrogen) atoms. The normalized spacial score (nSPS) is 15.4. The molecule has 2 aromatic carbocycles. The van der Waals surface area contributed by atoms with E-state index in [1.54, 1.807) is 6.92 Å². The van der Waals surface area contributed by atoms with Crippen LogP contribution in [0, 0.1) is 5.82 Å². The topological polar surface area (TPSA) is 68.5 Å². The number of aryl methyl sites for hydroxylation is 1. The Labute approximate surface area is 178 Å². The average Bonchev–Trinajstić information content (AvgIpc) is 3.23. The molecule has 0 aliphatic carbocycles. The molecule has 1 aliphatic heterocycles. The zero-order chi connectivity index (χ0) is 21.1. The van der Waals surface area contributed by atoms with E-state index in [-0.39, 0.29) is 17.0 Å². The summed E-state index contributed by atoms with van der Waals surface area (Å²) in [6, 6.07) is 13.7. The lowest BCUT2D eigenvalue weighted by Gasteiger charge is -2.31. The number of nitrogens with zero attached hydrogens (tertiary/aromatic N) is 3. The van der Waals surface area contributed by atoms with Crippen LogP contribution in [0.25, 0.3) is 0 Å². The number of carbonyl (C=O) groups is 1. The number of fused-ring (bicyclic) bond motifs is 1. The van der Waals surface area contributed by atoms with Gasteiger partial charge in [-0.05, 0) is 62.6 Å². The molecule has 1 aromatic heterocycles. The van der Waals surface area contributed by atoms with Gasteiger partial charge in [0.05, 0.1) is 5.25 Å². The zero-order valence-corrected chi connectivity index (χ0v) is 17.6. The Balaban J connectivity index is 1.40. The number of hydrogen-bond donors (Lipinski definition) is 0. The molecule has 0 saturated carbocycles. The lowest BCUT2D eigenvalue weighted by molar-refractivity contribution is -0.117. The molecule has 0 unspecified atom stereocenters. The van der Waals surface area contributed by atoms with Crippen LogP contribution in [0.4, 0.5) is 10.1 Å². The van der Waals surface area contributed by atoms with E-state index in [1.165, 1.54) is 41.6 Å². The number of ether oxygens (including phenoxy) is 1.